The van der Waals surface area contributed by atoms with Crippen LogP contribution in [0.25, 0.3) is 88.3 Å². The molecule has 0 radical (unpaired) electrons. The minimum Gasteiger partial charge on any atom is -0.0619 e. The van der Waals surface area contributed by atoms with Crippen molar-refractivity contribution in [1.82, 2.24) is 0 Å². The van der Waals surface area contributed by atoms with E-state index in [9.17, 15) is 0 Å². The van der Waals surface area contributed by atoms with Crippen LogP contribution < -0.4 is 0 Å². The lowest BCUT2D eigenvalue weighted by Gasteiger charge is -2.31. The van der Waals surface area contributed by atoms with E-state index < -0.39 is 10.8 Å². The van der Waals surface area contributed by atoms with Gasteiger partial charge in [0.05, 0.1) is 10.8 Å². The molecule has 0 aromatic heterocycles. The molecule has 11 aromatic carbocycles. The lowest BCUT2D eigenvalue weighted by molar-refractivity contribution is 0.794. The monoisotopic (exact) mass is 806 g/mol. The van der Waals surface area contributed by atoms with Crippen LogP contribution in [0.4, 0.5) is 0 Å². The highest BCUT2D eigenvalue weighted by atomic mass is 14.5. The topological polar surface area (TPSA) is 0 Å². The number of hydrogen-bond acceptors (Lipinski definition) is 0. The third-order valence-electron chi connectivity index (χ3n) is 15.5. The van der Waals surface area contributed by atoms with E-state index in [0.717, 1.165) is 0 Å². The maximum Gasteiger partial charge on any atom is 0.0725 e. The fourth-order valence-corrected chi connectivity index (χ4v) is 13.3. The van der Waals surface area contributed by atoms with Gasteiger partial charge in [-0.1, -0.05) is 218 Å². The number of hydrogen-bond donors (Lipinski definition) is 0. The molecule has 0 heterocycles. The van der Waals surface area contributed by atoms with Crippen LogP contribution in [0.3, 0.4) is 0 Å². The first-order valence-electron chi connectivity index (χ1n) is 22.6. The van der Waals surface area contributed by atoms with Gasteiger partial charge >= 0.3 is 0 Å². The highest BCUT2D eigenvalue weighted by Crippen LogP contribution is 2.65. The maximum atomic E-state index is 2.55. The van der Waals surface area contributed by atoms with Crippen LogP contribution in [0.5, 0.6) is 0 Å². The summed E-state index contributed by atoms with van der Waals surface area (Å²) in [5.74, 6) is 0. The van der Waals surface area contributed by atoms with Crippen LogP contribution in [-0.4, -0.2) is 0 Å². The molecule has 0 bridgehead atoms. The van der Waals surface area contributed by atoms with Crippen molar-refractivity contribution >= 4 is 21.5 Å². The normalized spacial score (nSPS) is 14.5. The van der Waals surface area contributed by atoms with Gasteiger partial charge < -0.3 is 0 Å². The summed E-state index contributed by atoms with van der Waals surface area (Å²) in [5, 5.41) is 5.07. The quantitative estimate of drug-likeness (QED) is 0.153. The Morgan fingerprint density at radius 2 is 0.406 bits per heavy atom. The maximum absolute atomic E-state index is 2.55. The standard InChI is InChI=1S/C64H38/c1-2-24-50-49(23-1)61(39-33-35-47-45-21-9-15-31-57(45)63(59(47)37-39)53-27-11-5-17-41(53)42-18-6-12-28-54(42)63)51-25-3-4-26-52(51)62(50)40-34-36-48-46-22-10-16-32-58(46)64(60(48)38-40)55-29-13-7-19-43(55)44-20-8-14-30-56(44)64/h1-38H. The fraction of sp³-hybridized carbons (Fsp3) is 0.0312. The van der Waals surface area contributed by atoms with Crippen LogP contribution in [0.1, 0.15) is 44.5 Å². The summed E-state index contributed by atoms with van der Waals surface area (Å²) in [4.78, 5) is 0. The van der Waals surface area contributed by atoms with Gasteiger partial charge in [0.1, 0.15) is 0 Å². The molecule has 0 saturated heterocycles. The highest BCUT2D eigenvalue weighted by Gasteiger charge is 2.53. The first-order valence-corrected chi connectivity index (χ1v) is 22.6. The van der Waals surface area contributed by atoms with Crippen LogP contribution in [-0.2, 0) is 10.8 Å². The van der Waals surface area contributed by atoms with E-state index in [1.807, 2.05) is 0 Å². The minimum atomic E-state index is -0.407. The first-order chi connectivity index (χ1) is 31.8. The largest absolute Gasteiger partial charge is 0.0725 e. The highest BCUT2D eigenvalue weighted by molar-refractivity contribution is 6.22. The van der Waals surface area contributed by atoms with Crippen molar-refractivity contribution in [3.63, 3.8) is 0 Å². The van der Waals surface area contributed by atoms with E-state index in [1.165, 1.54) is 133 Å². The molecule has 4 aliphatic carbocycles. The molecule has 11 aromatic rings. The van der Waals surface area contributed by atoms with Gasteiger partial charge in [0.2, 0.25) is 0 Å². The van der Waals surface area contributed by atoms with Crippen molar-refractivity contribution in [3.05, 3.63) is 275 Å². The molecule has 0 nitrogen and oxygen atoms in total. The van der Waals surface area contributed by atoms with Gasteiger partial charge in [-0.25, -0.2) is 0 Å². The summed E-state index contributed by atoms with van der Waals surface area (Å²) in [6, 6.07) is 87.6. The summed E-state index contributed by atoms with van der Waals surface area (Å²) < 4.78 is 0. The smallest absolute Gasteiger partial charge is 0.0619 e. The average Bonchev–Trinajstić information content (AvgIpc) is 4.04. The lowest BCUT2D eigenvalue weighted by atomic mass is 9.70. The SMILES string of the molecule is c1ccc2c(c1)-c1ccccc1C21c2ccccc2-c2ccc(-c3c4ccccc4c(-c4ccc5c(c4)C4(c6ccccc6-c6ccccc64)c4ccccc4-5)c4ccccc34)cc21. The van der Waals surface area contributed by atoms with Gasteiger partial charge in [-0.15, -0.1) is 0 Å². The minimum absolute atomic E-state index is 0.407. The number of fused-ring (bicyclic) bond motifs is 22. The molecular weight excluding hydrogens is 769 g/mol. The summed E-state index contributed by atoms with van der Waals surface area (Å²) in [5.41, 5.74) is 25.8. The third kappa shape index (κ3) is 4.02. The van der Waals surface area contributed by atoms with Crippen molar-refractivity contribution in [3.8, 4) is 66.8 Å². The Hall–Kier alpha value is -8.06. The van der Waals surface area contributed by atoms with E-state index in [4.69, 9.17) is 0 Å². The molecule has 0 saturated carbocycles. The predicted molar refractivity (Wildman–Crippen MR) is 265 cm³/mol. The number of rotatable bonds is 2. The Morgan fingerprint density at radius 1 is 0.188 bits per heavy atom. The van der Waals surface area contributed by atoms with Crippen LogP contribution in [0.15, 0.2) is 231 Å². The second-order valence-electron chi connectivity index (χ2n) is 18.1. The molecule has 0 atom stereocenters. The van der Waals surface area contributed by atoms with E-state index in [-0.39, 0.29) is 0 Å². The molecular formula is C64H38. The molecule has 0 amide bonds. The van der Waals surface area contributed by atoms with Gasteiger partial charge in [0.15, 0.2) is 0 Å². The number of benzene rings is 11. The van der Waals surface area contributed by atoms with E-state index in [0.29, 0.717) is 0 Å². The molecule has 0 unspecified atom stereocenters. The molecule has 0 heteroatoms. The van der Waals surface area contributed by atoms with E-state index in [1.54, 1.807) is 0 Å². The lowest BCUT2D eigenvalue weighted by Crippen LogP contribution is -2.25. The van der Waals surface area contributed by atoms with Gasteiger partial charge in [-0.3, -0.25) is 0 Å². The molecule has 4 aliphatic rings. The Balaban J connectivity index is 0.998. The van der Waals surface area contributed by atoms with E-state index in [2.05, 4.69) is 231 Å². The Labute approximate surface area is 372 Å². The molecule has 0 N–H and O–H groups in total. The Kier molecular flexibility index (Phi) is 6.64. The first kappa shape index (κ1) is 34.5. The zero-order valence-corrected chi connectivity index (χ0v) is 34.9. The summed E-state index contributed by atoms with van der Waals surface area (Å²) in [6.45, 7) is 0. The molecule has 0 fully saturated rings. The Bertz CT molecular complexity index is 3420. The molecule has 15 rings (SSSR count). The van der Waals surface area contributed by atoms with Crippen molar-refractivity contribution in [2.75, 3.05) is 0 Å². The Morgan fingerprint density at radius 3 is 0.672 bits per heavy atom. The molecule has 64 heavy (non-hydrogen) atoms. The van der Waals surface area contributed by atoms with Crippen molar-refractivity contribution in [2.45, 2.75) is 10.8 Å². The molecule has 2 spiro atoms. The van der Waals surface area contributed by atoms with Crippen LogP contribution >= 0.6 is 0 Å². The molecule has 294 valence electrons. The zero-order valence-electron chi connectivity index (χ0n) is 34.9. The zero-order chi connectivity index (χ0) is 41.7. The third-order valence-corrected chi connectivity index (χ3v) is 15.5. The second-order valence-corrected chi connectivity index (χ2v) is 18.1. The van der Waals surface area contributed by atoms with Crippen LogP contribution in [0.2, 0.25) is 0 Å². The molecule has 0 aliphatic heterocycles. The predicted octanol–water partition coefficient (Wildman–Crippen LogP) is 16.0. The average molecular weight is 807 g/mol. The van der Waals surface area contributed by atoms with Gasteiger partial charge in [0, 0.05) is 0 Å². The van der Waals surface area contributed by atoms with Crippen LogP contribution in [0, 0.1) is 0 Å². The van der Waals surface area contributed by atoms with Gasteiger partial charge in [0.25, 0.3) is 0 Å². The van der Waals surface area contributed by atoms with Gasteiger partial charge in [-0.05, 0) is 145 Å². The fourth-order valence-electron chi connectivity index (χ4n) is 13.3. The van der Waals surface area contributed by atoms with Crippen molar-refractivity contribution < 1.29 is 0 Å². The van der Waals surface area contributed by atoms with Crippen molar-refractivity contribution in [2.24, 2.45) is 0 Å². The van der Waals surface area contributed by atoms with Crippen molar-refractivity contribution in [1.29, 1.82) is 0 Å². The summed E-state index contributed by atoms with van der Waals surface area (Å²) >= 11 is 0. The van der Waals surface area contributed by atoms with E-state index >= 15 is 0 Å². The summed E-state index contributed by atoms with van der Waals surface area (Å²) in [6.07, 6.45) is 0. The van der Waals surface area contributed by atoms with Gasteiger partial charge in [-0.2, -0.15) is 0 Å². The summed E-state index contributed by atoms with van der Waals surface area (Å²) in [7, 11) is 0. The second kappa shape index (κ2) is 12.3.